The van der Waals surface area contributed by atoms with Crippen LogP contribution in [-0.4, -0.2) is 8.42 Å². The Balaban J connectivity index is 3.14. The lowest BCUT2D eigenvalue weighted by molar-refractivity contribution is 0.590. The van der Waals surface area contributed by atoms with Crippen molar-refractivity contribution in [2.24, 2.45) is 0 Å². The van der Waals surface area contributed by atoms with E-state index in [4.69, 9.17) is 7.05 Å². The highest BCUT2D eigenvalue weighted by atomic mass is 32.2. The Hall–Kier alpha value is -0.870. The van der Waals surface area contributed by atoms with Gasteiger partial charge >= 0.3 is 0 Å². The number of benzene rings is 1. The van der Waals surface area contributed by atoms with Crippen molar-refractivity contribution < 1.29 is 8.42 Å². The molecular weight excluding hydrogens is 174 g/mol. The molecule has 0 heterocycles. The van der Waals surface area contributed by atoms with Crippen molar-refractivity contribution in [1.82, 2.24) is 4.72 Å². The van der Waals surface area contributed by atoms with Gasteiger partial charge in [0.05, 0.1) is 11.9 Å². The number of hydrogen-bond donors (Lipinski definition) is 1. The molecule has 0 spiro atoms. The van der Waals surface area contributed by atoms with Crippen LogP contribution < -0.4 is 4.72 Å². The number of hydrogen-bond acceptors (Lipinski definition) is 2. The molecule has 1 N–H and O–H groups in total. The highest BCUT2D eigenvalue weighted by molar-refractivity contribution is 7.89. The fourth-order valence-electron chi connectivity index (χ4n) is 0.785. The first kappa shape index (κ1) is 9.22. The fraction of sp³-hybridized carbons (Fsp3) is 0.125. The molecule has 2 radical (unpaired) electrons. The first-order chi connectivity index (χ1) is 5.56. The second kappa shape index (κ2) is 3.25. The van der Waals surface area contributed by atoms with E-state index in [1.165, 1.54) is 12.1 Å². The van der Waals surface area contributed by atoms with E-state index in [1.54, 1.807) is 16.9 Å². The Bertz CT molecular complexity index is 353. The van der Waals surface area contributed by atoms with Crippen molar-refractivity contribution in [2.45, 2.75) is 11.8 Å². The van der Waals surface area contributed by atoms with Crippen molar-refractivity contribution in [3.05, 3.63) is 36.9 Å². The molecule has 0 aliphatic carbocycles. The molecule has 0 aromatic heterocycles. The van der Waals surface area contributed by atoms with Gasteiger partial charge in [-0.15, -0.1) is 0 Å². The molecule has 0 atom stereocenters. The minimum atomic E-state index is -3.49. The molecule has 0 bridgehead atoms. The maximum atomic E-state index is 11.1. The molecule has 0 amide bonds. The third kappa shape index (κ3) is 1.84. The molecule has 1 rings (SSSR count). The third-order valence-electron chi connectivity index (χ3n) is 1.49. The maximum absolute atomic E-state index is 11.1. The molecular formula is C8H9NO2S. The Labute approximate surface area is 72.5 Å². The van der Waals surface area contributed by atoms with Crippen LogP contribution in [0, 0.1) is 14.0 Å². The van der Waals surface area contributed by atoms with Gasteiger partial charge in [0.1, 0.15) is 0 Å². The summed E-state index contributed by atoms with van der Waals surface area (Å²) in [4.78, 5) is 0.176. The summed E-state index contributed by atoms with van der Waals surface area (Å²) >= 11 is 0. The summed E-state index contributed by atoms with van der Waals surface area (Å²) < 4.78 is 23.9. The Kier molecular flexibility index (Phi) is 2.49. The second-order valence-electron chi connectivity index (χ2n) is 2.43. The van der Waals surface area contributed by atoms with Gasteiger partial charge in [0, 0.05) is 0 Å². The monoisotopic (exact) mass is 183 g/mol. The summed E-state index contributed by atoms with van der Waals surface area (Å²) in [5.41, 5.74) is 1.01. The van der Waals surface area contributed by atoms with Crippen LogP contribution in [0.3, 0.4) is 0 Å². The second-order valence-corrected chi connectivity index (χ2v) is 4.15. The lowest BCUT2D eigenvalue weighted by Gasteiger charge is -2.00. The van der Waals surface area contributed by atoms with Crippen molar-refractivity contribution in [3.63, 3.8) is 0 Å². The zero-order valence-electron chi connectivity index (χ0n) is 6.61. The van der Waals surface area contributed by atoms with Gasteiger partial charge in [-0.1, -0.05) is 17.7 Å². The van der Waals surface area contributed by atoms with Gasteiger partial charge in [-0.2, -0.15) is 0 Å². The van der Waals surface area contributed by atoms with E-state index in [0.717, 1.165) is 5.56 Å². The molecule has 1 aromatic carbocycles. The molecule has 4 heteroatoms. The van der Waals surface area contributed by atoms with Gasteiger partial charge in [-0.3, -0.25) is 0 Å². The van der Waals surface area contributed by atoms with E-state index in [2.05, 4.69) is 0 Å². The van der Waals surface area contributed by atoms with Gasteiger partial charge in [-0.05, 0) is 19.1 Å². The summed E-state index contributed by atoms with van der Waals surface area (Å²) in [6.45, 7) is 1.88. The Morgan fingerprint density at radius 1 is 1.25 bits per heavy atom. The normalized spacial score (nSPS) is 11.5. The lowest BCUT2D eigenvalue weighted by Crippen LogP contribution is -2.16. The Morgan fingerprint density at radius 3 is 2.17 bits per heavy atom. The van der Waals surface area contributed by atoms with Gasteiger partial charge in [0.2, 0.25) is 10.0 Å². The van der Waals surface area contributed by atoms with Crippen LogP contribution in [0.2, 0.25) is 0 Å². The quantitative estimate of drug-likeness (QED) is 0.694. The van der Waals surface area contributed by atoms with Gasteiger partial charge in [0.25, 0.3) is 0 Å². The fourth-order valence-corrected chi connectivity index (χ4v) is 1.42. The first-order valence-electron chi connectivity index (χ1n) is 3.35. The summed E-state index contributed by atoms with van der Waals surface area (Å²) in [6, 6.07) is 6.43. The van der Waals surface area contributed by atoms with Crippen LogP contribution in [0.15, 0.2) is 29.2 Å². The zero-order valence-corrected chi connectivity index (χ0v) is 7.43. The minimum absolute atomic E-state index is 0.176. The van der Waals surface area contributed by atoms with Gasteiger partial charge in [0.15, 0.2) is 0 Å². The SMILES string of the molecule is [CH]NS(=O)(=O)c1ccc(C)cc1. The number of nitrogens with one attached hydrogen (secondary N) is 1. The highest BCUT2D eigenvalue weighted by Crippen LogP contribution is 2.08. The van der Waals surface area contributed by atoms with Crippen LogP contribution in [-0.2, 0) is 10.0 Å². The summed E-state index contributed by atoms with van der Waals surface area (Å²) in [7, 11) is 1.35. The lowest BCUT2D eigenvalue weighted by atomic mass is 10.2. The van der Waals surface area contributed by atoms with Crippen molar-refractivity contribution in [1.29, 1.82) is 0 Å². The maximum Gasteiger partial charge on any atom is 0.240 e. The first-order valence-corrected chi connectivity index (χ1v) is 4.83. The van der Waals surface area contributed by atoms with E-state index in [1.807, 2.05) is 6.92 Å². The molecule has 1 aromatic rings. The topological polar surface area (TPSA) is 46.2 Å². The molecule has 0 unspecified atom stereocenters. The van der Waals surface area contributed by atoms with Crippen LogP contribution in [0.25, 0.3) is 0 Å². The Morgan fingerprint density at radius 2 is 1.75 bits per heavy atom. The average Bonchev–Trinajstić information content (AvgIpc) is 2.05. The largest absolute Gasteiger partial charge is 0.240 e. The average molecular weight is 183 g/mol. The summed E-state index contributed by atoms with van der Waals surface area (Å²) in [5.74, 6) is 0. The predicted molar refractivity (Wildman–Crippen MR) is 45.8 cm³/mol. The van der Waals surface area contributed by atoms with Gasteiger partial charge in [-0.25, -0.2) is 13.1 Å². The van der Waals surface area contributed by atoms with E-state index in [9.17, 15) is 8.42 Å². The van der Waals surface area contributed by atoms with E-state index < -0.39 is 10.0 Å². The molecule has 64 valence electrons. The summed E-state index contributed by atoms with van der Waals surface area (Å²) in [5, 5.41) is 0. The minimum Gasteiger partial charge on any atom is -0.207 e. The number of rotatable bonds is 2. The van der Waals surface area contributed by atoms with Crippen LogP contribution in [0.5, 0.6) is 0 Å². The number of aryl methyl sites for hydroxylation is 1. The molecule has 0 aliphatic rings. The van der Waals surface area contributed by atoms with E-state index in [0.29, 0.717) is 0 Å². The molecule has 0 saturated heterocycles. The van der Waals surface area contributed by atoms with Crippen LogP contribution >= 0.6 is 0 Å². The zero-order chi connectivity index (χ0) is 9.19. The molecule has 12 heavy (non-hydrogen) atoms. The van der Waals surface area contributed by atoms with Crippen molar-refractivity contribution in [2.75, 3.05) is 0 Å². The van der Waals surface area contributed by atoms with E-state index in [-0.39, 0.29) is 4.90 Å². The molecule has 3 nitrogen and oxygen atoms in total. The standard InChI is InChI=1S/C8H9NO2S/c1-7-3-5-8(6-4-7)12(10,11)9-2/h2-6,9H,1H3. The molecule has 0 aliphatic heterocycles. The number of sulfonamides is 1. The van der Waals surface area contributed by atoms with Gasteiger partial charge < -0.3 is 0 Å². The smallest absolute Gasteiger partial charge is 0.207 e. The highest BCUT2D eigenvalue weighted by Gasteiger charge is 2.09. The van der Waals surface area contributed by atoms with Crippen LogP contribution in [0.1, 0.15) is 5.56 Å². The predicted octanol–water partition coefficient (Wildman–Crippen LogP) is 0.942. The third-order valence-corrected chi connectivity index (χ3v) is 2.69. The molecule has 0 saturated carbocycles. The summed E-state index contributed by atoms with van der Waals surface area (Å²) in [6.07, 6.45) is 0. The molecule has 0 fully saturated rings. The van der Waals surface area contributed by atoms with Crippen LogP contribution in [0.4, 0.5) is 0 Å². The van der Waals surface area contributed by atoms with Crippen molar-refractivity contribution >= 4 is 10.0 Å². The van der Waals surface area contributed by atoms with E-state index >= 15 is 0 Å². The van der Waals surface area contributed by atoms with Crippen molar-refractivity contribution in [3.8, 4) is 0 Å².